The Balaban J connectivity index is 1.62. The molecule has 0 radical (unpaired) electrons. The van der Waals surface area contributed by atoms with Crippen LogP contribution in [0.25, 0.3) is 16.6 Å². The van der Waals surface area contributed by atoms with E-state index >= 15 is 0 Å². The van der Waals surface area contributed by atoms with Gasteiger partial charge in [-0.3, -0.25) is 5.01 Å². The molecule has 12 heteroatoms. The van der Waals surface area contributed by atoms with Gasteiger partial charge in [-0.05, 0) is 17.7 Å². The second kappa shape index (κ2) is 8.69. The SMILES string of the molecule is CN1CC(Cc2c(C#N)c(-c3cnc(C(F)F)nc3)c3c(N)ncnn23)=CN1c1ccccc1F. The second-order valence-electron chi connectivity index (χ2n) is 7.92. The number of nitriles is 1. The predicted molar refractivity (Wildman–Crippen MR) is 121 cm³/mol. The third-order valence-electron chi connectivity index (χ3n) is 5.72. The number of hydrazine groups is 1. The minimum absolute atomic E-state index is 0.112. The number of likely N-dealkylation sites (N-methyl/N-ethyl adjacent to an activating group) is 1. The Morgan fingerprint density at radius 3 is 2.60 bits per heavy atom. The van der Waals surface area contributed by atoms with Crippen LogP contribution in [0.4, 0.5) is 24.7 Å². The fraction of sp³-hybridized carbons (Fsp3) is 0.174. The Bertz CT molecular complexity index is 1490. The molecule has 3 aromatic heterocycles. The van der Waals surface area contributed by atoms with E-state index in [-0.39, 0.29) is 17.2 Å². The molecule has 0 atom stereocenters. The van der Waals surface area contributed by atoms with E-state index in [0.717, 1.165) is 5.57 Å². The quantitative estimate of drug-likeness (QED) is 0.465. The first-order valence-electron chi connectivity index (χ1n) is 10.5. The van der Waals surface area contributed by atoms with Gasteiger partial charge in [-0.25, -0.2) is 37.6 Å². The lowest BCUT2D eigenvalue weighted by Gasteiger charge is -2.25. The Morgan fingerprint density at radius 1 is 1.17 bits per heavy atom. The summed E-state index contributed by atoms with van der Waals surface area (Å²) in [5.41, 5.74) is 9.25. The number of halogens is 3. The third-order valence-corrected chi connectivity index (χ3v) is 5.72. The van der Waals surface area contributed by atoms with Gasteiger partial charge in [-0.15, -0.1) is 0 Å². The summed E-state index contributed by atoms with van der Waals surface area (Å²) >= 11 is 0. The summed E-state index contributed by atoms with van der Waals surface area (Å²) in [6, 6.07) is 8.62. The Morgan fingerprint density at radius 2 is 1.91 bits per heavy atom. The maximum absolute atomic E-state index is 14.4. The molecular weight excluding hydrogens is 459 g/mol. The van der Waals surface area contributed by atoms with Crippen molar-refractivity contribution in [3.63, 3.8) is 0 Å². The molecule has 35 heavy (non-hydrogen) atoms. The molecule has 0 fully saturated rings. The molecule has 0 spiro atoms. The van der Waals surface area contributed by atoms with E-state index in [1.807, 2.05) is 18.3 Å². The van der Waals surface area contributed by atoms with E-state index in [9.17, 15) is 18.4 Å². The molecule has 176 valence electrons. The van der Waals surface area contributed by atoms with Crippen molar-refractivity contribution in [3.8, 4) is 17.2 Å². The monoisotopic (exact) mass is 477 g/mol. The zero-order chi connectivity index (χ0) is 24.7. The van der Waals surface area contributed by atoms with Crippen molar-refractivity contribution < 1.29 is 13.2 Å². The first-order chi connectivity index (χ1) is 16.9. The molecule has 0 saturated carbocycles. The molecule has 4 heterocycles. The van der Waals surface area contributed by atoms with Gasteiger partial charge in [0.1, 0.15) is 23.7 Å². The number of nitrogen functional groups attached to an aromatic ring is 1. The molecule has 1 aliphatic rings. The van der Waals surface area contributed by atoms with Crippen LogP contribution in [0.2, 0.25) is 0 Å². The van der Waals surface area contributed by atoms with Crippen LogP contribution in [0.15, 0.2) is 54.8 Å². The zero-order valence-electron chi connectivity index (χ0n) is 18.4. The standard InChI is InChI=1S/C23H18F3N9/c1-33-10-13(11-34(33)17-5-3-2-4-16(17)24)6-18-15(7-27)19(20-22(28)31-12-32-35(18)20)14-8-29-23(21(25)26)30-9-14/h2-5,8-9,11-12,21H,6,10H2,1H3,(H2,28,31,32). The van der Waals surface area contributed by atoms with Crippen molar-refractivity contribution in [1.82, 2.24) is 29.6 Å². The summed E-state index contributed by atoms with van der Waals surface area (Å²) in [6.45, 7) is 0.481. The highest BCUT2D eigenvalue weighted by Crippen LogP contribution is 2.36. The highest BCUT2D eigenvalue weighted by molar-refractivity contribution is 5.92. The van der Waals surface area contributed by atoms with Gasteiger partial charge in [-0.1, -0.05) is 12.1 Å². The van der Waals surface area contributed by atoms with Gasteiger partial charge in [0.15, 0.2) is 11.6 Å². The molecule has 0 unspecified atom stereocenters. The molecule has 0 aliphatic carbocycles. The van der Waals surface area contributed by atoms with E-state index in [4.69, 9.17) is 5.73 Å². The predicted octanol–water partition coefficient (Wildman–Crippen LogP) is 3.51. The Kier molecular flexibility index (Phi) is 5.54. The summed E-state index contributed by atoms with van der Waals surface area (Å²) in [5.74, 6) is -0.869. The minimum atomic E-state index is -2.82. The molecule has 2 N–H and O–H groups in total. The van der Waals surface area contributed by atoms with Crippen LogP contribution in [-0.2, 0) is 6.42 Å². The fourth-order valence-corrected chi connectivity index (χ4v) is 4.21. The van der Waals surface area contributed by atoms with Gasteiger partial charge in [0.2, 0.25) is 0 Å². The Hall–Kier alpha value is -4.50. The number of rotatable bonds is 5. The number of nitrogens with zero attached hydrogens (tertiary/aromatic N) is 8. The number of benzene rings is 1. The van der Waals surface area contributed by atoms with Crippen molar-refractivity contribution in [3.05, 3.63) is 77.7 Å². The van der Waals surface area contributed by atoms with Crippen LogP contribution >= 0.6 is 0 Å². The topological polar surface area (TPSA) is 112 Å². The minimum Gasteiger partial charge on any atom is -0.382 e. The molecule has 0 saturated heterocycles. The Labute approximate surface area is 197 Å². The normalized spacial score (nSPS) is 14.1. The number of anilines is 2. The van der Waals surface area contributed by atoms with Crippen molar-refractivity contribution in [2.45, 2.75) is 12.8 Å². The lowest BCUT2D eigenvalue weighted by atomic mass is 10.0. The van der Waals surface area contributed by atoms with Gasteiger partial charge >= 0.3 is 0 Å². The number of hydrogen-bond acceptors (Lipinski definition) is 8. The number of para-hydroxylation sites is 1. The average molecular weight is 477 g/mol. The van der Waals surface area contributed by atoms with Crippen molar-refractivity contribution in [1.29, 1.82) is 5.26 Å². The maximum Gasteiger partial charge on any atom is 0.297 e. The van der Waals surface area contributed by atoms with E-state index in [0.29, 0.717) is 41.0 Å². The molecule has 1 aromatic carbocycles. The van der Waals surface area contributed by atoms with E-state index in [1.54, 1.807) is 23.2 Å². The molecule has 4 aromatic rings. The van der Waals surface area contributed by atoms with Crippen LogP contribution in [0.3, 0.4) is 0 Å². The van der Waals surface area contributed by atoms with Crippen LogP contribution in [-0.4, -0.2) is 43.2 Å². The number of fused-ring (bicyclic) bond motifs is 1. The molecule has 0 amide bonds. The number of aromatic nitrogens is 5. The lowest BCUT2D eigenvalue weighted by molar-refractivity contribution is 0.140. The summed E-state index contributed by atoms with van der Waals surface area (Å²) in [6.07, 6.45) is 3.01. The lowest BCUT2D eigenvalue weighted by Crippen LogP contribution is -2.32. The number of nitrogens with two attached hydrogens (primary N) is 1. The average Bonchev–Trinajstić information content (AvgIpc) is 3.37. The maximum atomic E-state index is 14.4. The summed E-state index contributed by atoms with van der Waals surface area (Å²) in [5, 5.41) is 17.9. The molecule has 1 aliphatic heterocycles. The van der Waals surface area contributed by atoms with Crippen LogP contribution in [0.1, 0.15) is 23.5 Å². The van der Waals surface area contributed by atoms with Gasteiger partial charge < -0.3 is 5.73 Å². The molecular formula is C23H18F3N9. The molecule has 9 nitrogen and oxygen atoms in total. The largest absolute Gasteiger partial charge is 0.382 e. The number of hydrogen-bond donors (Lipinski definition) is 1. The van der Waals surface area contributed by atoms with Crippen LogP contribution < -0.4 is 10.7 Å². The second-order valence-corrected chi connectivity index (χ2v) is 7.92. The zero-order valence-corrected chi connectivity index (χ0v) is 18.4. The molecule has 0 bridgehead atoms. The highest BCUT2D eigenvalue weighted by Gasteiger charge is 2.28. The summed E-state index contributed by atoms with van der Waals surface area (Å²) in [4.78, 5) is 11.5. The first kappa shape index (κ1) is 22.3. The smallest absolute Gasteiger partial charge is 0.297 e. The molecule has 5 rings (SSSR count). The highest BCUT2D eigenvalue weighted by atomic mass is 19.3. The van der Waals surface area contributed by atoms with Gasteiger partial charge in [0.25, 0.3) is 6.43 Å². The van der Waals surface area contributed by atoms with Crippen molar-refractivity contribution in [2.75, 3.05) is 24.3 Å². The third kappa shape index (κ3) is 3.81. The van der Waals surface area contributed by atoms with Crippen LogP contribution in [0.5, 0.6) is 0 Å². The summed E-state index contributed by atoms with van der Waals surface area (Å²) < 4.78 is 41.8. The summed E-state index contributed by atoms with van der Waals surface area (Å²) in [7, 11) is 1.82. The van der Waals surface area contributed by atoms with Gasteiger partial charge in [-0.2, -0.15) is 10.4 Å². The van der Waals surface area contributed by atoms with Crippen molar-refractivity contribution in [2.24, 2.45) is 0 Å². The van der Waals surface area contributed by atoms with E-state index in [1.165, 1.54) is 29.3 Å². The van der Waals surface area contributed by atoms with Gasteiger partial charge in [0.05, 0.1) is 16.9 Å². The van der Waals surface area contributed by atoms with Crippen molar-refractivity contribution >= 4 is 17.0 Å². The van der Waals surface area contributed by atoms with E-state index in [2.05, 4.69) is 26.1 Å². The van der Waals surface area contributed by atoms with Crippen LogP contribution in [0, 0.1) is 17.1 Å². The van der Waals surface area contributed by atoms with E-state index < -0.39 is 12.2 Å². The fourth-order valence-electron chi connectivity index (χ4n) is 4.21. The first-order valence-corrected chi connectivity index (χ1v) is 10.5. The van der Waals surface area contributed by atoms with Gasteiger partial charge in [0, 0.05) is 49.7 Å². The number of alkyl halides is 2.